The van der Waals surface area contributed by atoms with Crippen LogP contribution < -0.4 is 0 Å². The topological polar surface area (TPSA) is 127 Å². The number of carbonyl (C=O) groups excluding carboxylic acids is 3. The van der Waals surface area contributed by atoms with E-state index < -0.39 is 11.3 Å². The van der Waals surface area contributed by atoms with E-state index in [4.69, 9.17) is 8.92 Å². The highest BCUT2D eigenvalue weighted by atomic mass is 32.2. The van der Waals surface area contributed by atoms with Gasteiger partial charge in [-0.2, -0.15) is 0 Å². The van der Waals surface area contributed by atoms with E-state index in [1.54, 1.807) is 44.3 Å². The molecule has 0 spiro atoms. The second-order valence-corrected chi connectivity index (χ2v) is 8.88. The van der Waals surface area contributed by atoms with Gasteiger partial charge in [-0.15, -0.1) is 0 Å². The smallest absolute Gasteiger partial charge is 0.409 e. The molecule has 0 saturated heterocycles. The molecule has 1 unspecified atom stereocenters. The number of rotatable bonds is 12. The molecule has 14 heteroatoms. The molecule has 0 fully saturated rings. The lowest BCUT2D eigenvalue weighted by Crippen LogP contribution is -2.26. The monoisotopic (exact) mass is 655 g/mol. The second kappa shape index (κ2) is 49.8. The summed E-state index contributed by atoms with van der Waals surface area (Å²) in [5.74, 6) is 0.00463. The minimum atomic E-state index is -1.36. The van der Waals surface area contributed by atoms with Gasteiger partial charge in [0.1, 0.15) is 0 Å². The normalized spacial score (nSPS) is 9.21. The molecule has 270 valence electrons. The summed E-state index contributed by atoms with van der Waals surface area (Å²) in [6.07, 6.45) is 0.365. The van der Waals surface area contributed by atoms with Gasteiger partial charge in [0, 0.05) is 68.3 Å². The van der Waals surface area contributed by atoms with Gasteiger partial charge in [-0.1, -0.05) is 43.6 Å². The van der Waals surface area contributed by atoms with E-state index in [0.717, 1.165) is 6.54 Å². The molecule has 0 heterocycles. The van der Waals surface area contributed by atoms with Crippen molar-refractivity contribution in [2.75, 3.05) is 95.8 Å². The van der Waals surface area contributed by atoms with Gasteiger partial charge < -0.3 is 28.7 Å². The van der Waals surface area contributed by atoms with Gasteiger partial charge in [-0.05, 0) is 41.8 Å². The Kier molecular flexibility index (Phi) is 74.4. The average molecular weight is 655 g/mol. The Bertz CT molecular complexity index is 588. The van der Waals surface area contributed by atoms with Gasteiger partial charge in [-0.25, -0.2) is 17.5 Å². The first-order valence-electron chi connectivity index (χ1n) is 12.8. The highest BCUT2D eigenvalue weighted by molar-refractivity contribution is 7.77. The maximum Gasteiger partial charge on any atom is 0.409 e. The Morgan fingerprint density at radius 2 is 1.12 bits per heavy atom. The molecule has 0 rings (SSSR count). The molecule has 0 aromatic rings. The maximum atomic E-state index is 10.9. The molecule has 0 aliphatic rings. The molecule has 0 saturated carbocycles. The number of methoxy groups -OCH3 is 2. The van der Waals surface area contributed by atoms with Crippen LogP contribution in [0.5, 0.6) is 0 Å². The van der Waals surface area contributed by atoms with Crippen LogP contribution in [0.25, 0.3) is 0 Å². The van der Waals surface area contributed by atoms with Crippen molar-refractivity contribution in [1.82, 2.24) is 19.0 Å². The third kappa shape index (κ3) is 60.2. The van der Waals surface area contributed by atoms with E-state index in [2.05, 4.69) is 14.2 Å². The number of nitrogens with zero attached hydrogens (tertiary/aromatic N) is 4. The zero-order chi connectivity index (χ0) is 31.8. The first-order chi connectivity index (χ1) is 18.2. The molecular formula is C29H74N4O9S. The van der Waals surface area contributed by atoms with Crippen LogP contribution >= 0.6 is 0 Å². The SMILES string of the molecule is C.C.C.C.CCC(=O)N(C)CC.CCN(C)S(=O)OCOC.CCOC(=O)N(C)CC.CCOC(C)=O.COCN(C)C. The summed E-state index contributed by atoms with van der Waals surface area (Å²) >= 11 is -1.36. The summed E-state index contributed by atoms with van der Waals surface area (Å²) in [5, 5.41) is 0. The van der Waals surface area contributed by atoms with Crippen molar-refractivity contribution < 1.29 is 41.7 Å². The van der Waals surface area contributed by atoms with Crippen LogP contribution in [0.4, 0.5) is 4.79 Å². The summed E-state index contributed by atoms with van der Waals surface area (Å²) in [6.45, 7) is 16.5. The van der Waals surface area contributed by atoms with Crippen LogP contribution in [-0.4, -0.2) is 137 Å². The molecule has 1 atom stereocenters. The van der Waals surface area contributed by atoms with Crippen LogP contribution in [0.2, 0.25) is 0 Å². The fourth-order valence-electron chi connectivity index (χ4n) is 1.56. The first kappa shape index (κ1) is 64.2. The number of amides is 2. The quantitative estimate of drug-likeness (QED) is 0.200. The molecule has 0 bridgehead atoms. The van der Waals surface area contributed by atoms with Crippen LogP contribution in [0.1, 0.15) is 84.6 Å². The van der Waals surface area contributed by atoms with E-state index in [1.807, 2.05) is 53.7 Å². The molecule has 0 radical (unpaired) electrons. The Morgan fingerprint density at radius 3 is 1.30 bits per heavy atom. The van der Waals surface area contributed by atoms with E-state index in [1.165, 1.54) is 18.9 Å². The van der Waals surface area contributed by atoms with Gasteiger partial charge in [0.15, 0.2) is 6.79 Å². The third-order valence-corrected chi connectivity index (χ3v) is 5.02. The highest BCUT2D eigenvalue weighted by Gasteiger charge is 2.04. The number of hydrogen-bond acceptors (Lipinski definition) is 10. The minimum Gasteiger partial charge on any atom is -0.466 e. The number of carbonyl (C=O) groups is 3. The Balaban J connectivity index is -0.0000000475. The van der Waals surface area contributed by atoms with Gasteiger partial charge >= 0.3 is 12.1 Å². The molecule has 0 aliphatic heterocycles. The maximum absolute atomic E-state index is 10.9. The lowest BCUT2D eigenvalue weighted by atomic mass is 10.4. The van der Waals surface area contributed by atoms with Crippen molar-refractivity contribution in [2.24, 2.45) is 0 Å². The van der Waals surface area contributed by atoms with Crippen molar-refractivity contribution in [3.05, 3.63) is 0 Å². The number of ether oxygens (including phenoxy) is 4. The van der Waals surface area contributed by atoms with Crippen molar-refractivity contribution in [3.8, 4) is 0 Å². The lowest BCUT2D eigenvalue weighted by Gasteiger charge is -2.12. The predicted molar refractivity (Wildman–Crippen MR) is 183 cm³/mol. The number of esters is 1. The predicted octanol–water partition coefficient (Wildman–Crippen LogP) is 5.37. The first-order valence-corrected chi connectivity index (χ1v) is 13.9. The van der Waals surface area contributed by atoms with Gasteiger partial charge in [-0.3, -0.25) is 14.5 Å². The van der Waals surface area contributed by atoms with E-state index in [0.29, 0.717) is 39.5 Å². The van der Waals surface area contributed by atoms with Crippen molar-refractivity contribution >= 4 is 29.2 Å². The molecule has 13 nitrogen and oxygen atoms in total. The minimum absolute atomic E-state index is 0. The summed E-state index contributed by atoms with van der Waals surface area (Å²) in [6, 6.07) is 0. The highest BCUT2D eigenvalue weighted by Crippen LogP contribution is 1.92. The summed E-state index contributed by atoms with van der Waals surface area (Å²) in [7, 11) is 12.3. The van der Waals surface area contributed by atoms with Crippen LogP contribution in [0.15, 0.2) is 0 Å². The third-order valence-electron chi connectivity index (χ3n) is 3.96. The number of hydrogen-bond donors (Lipinski definition) is 0. The fraction of sp³-hybridized carbons (Fsp3) is 0.897. The summed E-state index contributed by atoms with van der Waals surface area (Å²) < 4.78 is 35.5. The molecule has 0 aromatic carbocycles. The molecule has 0 aliphatic carbocycles. The fourth-order valence-corrected chi connectivity index (χ4v) is 2.12. The average Bonchev–Trinajstić information content (AvgIpc) is 2.91. The van der Waals surface area contributed by atoms with Crippen molar-refractivity contribution in [3.63, 3.8) is 0 Å². The van der Waals surface area contributed by atoms with Crippen molar-refractivity contribution in [2.45, 2.75) is 84.6 Å². The zero-order valence-electron chi connectivity index (χ0n) is 27.0. The second-order valence-electron chi connectivity index (χ2n) is 7.58. The van der Waals surface area contributed by atoms with E-state index in [9.17, 15) is 18.6 Å². The Morgan fingerprint density at radius 1 is 0.674 bits per heavy atom. The standard InChI is InChI=1S/C6H13NO2.C6H13NO.C5H13NO3S.C4H11NO.C4H8O2.4CH4/c1-4-7(3)6(8)9-5-2;1-4-6(8)7(3)5-2;1-4-6(2)10(7)9-5-8-3;1-5(2)4-6-3;1-3-6-4(2)5;;;;/h4-5H2,1-3H3;4-5H2,1-3H3;4-5H2,1-3H3;4H2,1-3H3;3H2,1-2H3;4*1H4. The Labute approximate surface area is 270 Å². The molecule has 0 N–H and O–H groups in total. The van der Waals surface area contributed by atoms with Gasteiger partial charge in [0.2, 0.25) is 17.2 Å². The zero-order valence-corrected chi connectivity index (χ0v) is 27.8. The summed E-state index contributed by atoms with van der Waals surface area (Å²) in [4.78, 5) is 36.4. The van der Waals surface area contributed by atoms with Crippen LogP contribution in [0.3, 0.4) is 0 Å². The van der Waals surface area contributed by atoms with E-state index in [-0.39, 0.29) is 54.5 Å². The lowest BCUT2D eigenvalue weighted by molar-refractivity contribution is -0.140. The largest absolute Gasteiger partial charge is 0.466 e. The van der Waals surface area contributed by atoms with Gasteiger partial charge in [0.05, 0.1) is 19.9 Å². The van der Waals surface area contributed by atoms with Gasteiger partial charge in [0.25, 0.3) is 0 Å². The van der Waals surface area contributed by atoms with Crippen LogP contribution in [0, 0.1) is 0 Å². The molecular weight excluding hydrogens is 580 g/mol. The van der Waals surface area contributed by atoms with Crippen LogP contribution in [-0.2, 0) is 44.0 Å². The molecule has 2 amide bonds. The Hall–Kier alpha value is -1.84. The van der Waals surface area contributed by atoms with E-state index >= 15 is 0 Å². The summed E-state index contributed by atoms with van der Waals surface area (Å²) in [5.41, 5.74) is 0. The molecule has 43 heavy (non-hydrogen) atoms. The molecule has 0 aromatic heterocycles. The van der Waals surface area contributed by atoms with Crippen molar-refractivity contribution in [1.29, 1.82) is 0 Å².